The summed E-state index contributed by atoms with van der Waals surface area (Å²) >= 11 is 0. The molecule has 0 atom stereocenters. The van der Waals surface area contributed by atoms with E-state index in [2.05, 4.69) is 48.6 Å². The minimum Gasteiger partial charge on any atom is -0.314 e. The summed E-state index contributed by atoms with van der Waals surface area (Å²) in [6.07, 6.45) is 9.41. The summed E-state index contributed by atoms with van der Waals surface area (Å²) < 4.78 is 0. The zero-order chi connectivity index (χ0) is 14.5. The lowest BCUT2D eigenvalue weighted by molar-refractivity contribution is 0.585. The van der Waals surface area contributed by atoms with Gasteiger partial charge in [-0.1, -0.05) is 49.2 Å². The molecule has 2 aromatic rings. The van der Waals surface area contributed by atoms with Crippen LogP contribution in [0.15, 0.2) is 36.4 Å². The van der Waals surface area contributed by atoms with Crippen LogP contribution in [-0.2, 0) is 6.42 Å². The number of hydrogen-bond acceptors (Lipinski definition) is 1. The van der Waals surface area contributed by atoms with Crippen LogP contribution < -0.4 is 5.32 Å². The van der Waals surface area contributed by atoms with E-state index in [4.69, 9.17) is 0 Å². The van der Waals surface area contributed by atoms with Gasteiger partial charge in [-0.2, -0.15) is 0 Å². The van der Waals surface area contributed by atoms with Crippen molar-refractivity contribution in [2.45, 2.75) is 57.9 Å². The van der Waals surface area contributed by atoms with Crippen molar-refractivity contribution < 1.29 is 0 Å². The first kappa shape index (κ1) is 14.6. The average Bonchev–Trinajstić information content (AvgIpc) is 3.32. The Morgan fingerprint density at radius 2 is 1.76 bits per heavy atom. The predicted molar refractivity (Wildman–Crippen MR) is 91.9 cm³/mol. The first-order valence-corrected chi connectivity index (χ1v) is 8.55. The molecule has 0 aliphatic heterocycles. The van der Waals surface area contributed by atoms with E-state index >= 15 is 0 Å². The molecule has 1 nitrogen and oxygen atoms in total. The highest BCUT2D eigenvalue weighted by Gasteiger charge is 2.19. The number of hydrogen-bond donors (Lipinski definition) is 1. The number of unbranched alkanes of at least 4 members (excludes halogenated alkanes) is 3. The van der Waals surface area contributed by atoms with Gasteiger partial charge in [0.25, 0.3) is 0 Å². The van der Waals surface area contributed by atoms with Crippen molar-refractivity contribution in [1.82, 2.24) is 5.32 Å². The van der Waals surface area contributed by atoms with Crippen LogP contribution in [0.25, 0.3) is 10.8 Å². The van der Waals surface area contributed by atoms with E-state index in [1.54, 1.807) is 5.56 Å². The number of rotatable bonds is 8. The number of benzene rings is 2. The van der Waals surface area contributed by atoms with Crippen LogP contribution in [-0.4, -0.2) is 12.6 Å². The van der Waals surface area contributed by atoms with E-state index in [9.17, 15) is 0 Å². The molecule has 1 saturated carbocycles. The molecule has 0 heterocycles. The van der Waals surface area contributed by atoms with E-state index in [1.165, 1.54) is 67.8 Å². The van der Waals surface area contributed by atoms with Crippen LogP contribution in [0, 0.1) is 6.92 Å². The molecule has 0 bridgehead atoms. The van der Waals surface area contributed by atoms with Crippen molar-refractivity contribution in [3.8, 4) is 0 Å². The molecule has 1 heteroatoms. The SMILES string of the molecule is Cc1ccc2ccccc2c1CCCCCCNC1CC1. The van der Waals surface area contributed by atoms with Crippen LogP contribution in [0.5, 0.6) is 0 Å². The maximum atomic E-state index is 3.60. The summed E-state index contributed by atoms with van der Waals surface area (Å²) in [5.74, 6) is 0. The third-order valence-electron chi connectivity index (χ3n) is 4.64. The third-order valence-corrected chi connectivity index (χ3v) is 4.64. The monoisotopic (exact) mass is 281 g/mol. The number of fused-ring (bicyclic) bond motifs is 1. The Morgan fingerprint density at radius 3 is 2.62 bits per heavy atom. The van der Waals surface area contributed by atoms with E-state index in [-0.39, 0.29) is 0 Å². The number of aryl methyl sites for hydroxylation is 2. The van der Waals surface area contributed by atoms with E-state index in [0.29, 0.717) is 0 Å². The summed E-state index contributed by atoms with van der Waals surface area (Å²) in [6, 6.07) is 14.2. The van der Waals surface area contributed by atoms with E-state index < -0.39 is 0 Å². The molecule has 0 amide bonds. The van der Waals surface area contributed by atoms with Crippen LogP contribution in [0.2, 0.25) is 0 Å². The topological polar surface area (TPSA) is 12.0 Å². The molecule has 1 fully saturated rings. The quantitative estimate of drug-likeness (QED) is 0.671. The van der Waals surface area contributed by atoms with Crippen molar-refractivity contribution in [2.75, 3.05) is 6.54 Å². The van der Waals surface area contributed by atoms with Gasteiger partial charge in [-0.15, -0.1) is 0 Å². The molecule has 2 aromatic carbocycles. The zero-order valence-electron chi connectivity index (χ0n) is 13.2. The van der Waals surface area contributed by atoms with Gasteiger partial charge in [-0.3, -0.25) is 0 Å². The molecule has 0 saturated heterocycles. The second kappa shape index (κ2) is 7.09. The molecule has 3 rings (SSSR count). The third kappa shape index (κ3) is 4.07. The molecule has 0 spiro atoms. The van der Waals surface area contributed by atoms with Gasteiger partial charge in [0.1, 0.15) is 0 Å². The fourth-order valence-corrected chi connectivity index (χ4v) is 3.15. The smallest absolute Gasteiger partial charge is 0.00682 e. The Kier molecular flexibility index (Phi) is 4.92. The van der Waals surface area contributed by atoms with Crippen molar-refractivity contribution in [2.24, 2.45) is 0 Å². The Hall–Kier alpha value is -1.34. The fourth-order valence-electron chi connectivity index (χ4n) is 3.15. The molecule has 1 aliphatic rings. The summed E-state index contributed by atoms with van der Waals surface area (Å²) in [4.78, 5) is 0. The van der Waals surface area contributed by atoms with Crippen molar-refractivity contribution in [1.29, 1.82) is 0 Å². The van der Waals surface area contributed by atoms with Crippen LogP contribution >= 0.6 is 0 Å². The lowest BCUT2D eigenvalue weighted by Gasteiger charge is -2.10. The fraction of sp³-hybridized carbons (Fsp3) is 0.500. The molecule has 0 unspecified atom stereocenters. The van der Waals surface area contributed by atoms with Crippen LogP contribution in [0.1, 0.15) is 49.7 Å². The summed E-state index contributed by atoms with van der Waals surface area (Å²) in [7, 11) is 0. The minimum atomic E-state index is 0.864. The van der Waals surface area contributed by atoms with Gasteiger partial charge in [0.2, 0.25) is 0 Å². The molecule has 21 heavy (non-hydrogen) atoms. The Labute approximate surface area is 128 Å². The van der Waals surface area contributed by atoms with Gasteiger partial charge in [0.05, 0.1) is 0 Å². The van der Waals surface area contributed by atoms with Crippen molar-refractivity contribution in [3.05, 3.63) is 47.5 Å². The molecule has 0 radical (unpaired) electrons. The Morgan fingerprint density at radius 1 is 0.952 bits per heavy atom. The Balaban J connectivity index is 1.47. The molecule has 1 N–H and O–H groups in total. The summed E-state index contributed by atoms with van der Waals surface area (Å²) in [5.41, 5.74) is 3.01. The second-order valence-electron chi connectivity index (χ2n) is 6.47. The van der Waals surface area contributed by atoms with Crippen molar-refractivity contribution >= 4 is 10.8 Å². The maximum Gasteiger partial charge on any atom is 0.00682 e. The molecular weight excluding hydrogens is 254 g/mol. The standard InChI is InChI=1S/C20H27N/c1-16-11-12-17-8-5-6-10-20(17)19(16)9-4-2-3-7-15-21-18-13-14-18/h5-6,8,10-12,18,21H,2-4,7,9,13-15H2,1H3. The lowest BCUT2D eigenvalue weighted by Crippen LogP contribution is -2.17. The Bertz CT molecular complexity index is 583. The molecule has 0 aromatic heterocycles. The minimum absolute atomic E-state index is 0.864. The largest absolute Gasteiger partial charge is 0.314 e. The predicted octanol–water partition coefficient (Wildman–Crippen LogP) is 5.00. The summed E-state index contributed by atoms with van der Waals surface area (Å²) in [5, 5.41) is 6.43. The van der Waals surface area contributed by atoms with Gasteiger partial charge in [0.15, 0.2) is 0 Å². The van der Waals surface area contributed by atoms with Gasteiger partial charge < -0.3 is 5.32 Å². The highest BCUT2D eigenvalue weighted by Crippen LogP contribution is 2.24. The van der Waals surface area contributed by atoms with Crippen LogP contribution in [0.3, 0.4) is 0 Å². The molecule has 1 aliphatic carbocycles. The van der Waals surface area contributed by atoms with Gasteiger partial charge in [-0.25, -0.2) is 0 Å². The van der Waals surface area contributed by atoms with Gasteiger partial charge >= 0.3 is 0 Å². The highest BCUT2D eigenvalue weighted by molar-refractivity contribution is 5.86. The molecule has 112 valence electrons. The van der Waals surface area contributed by atoms with E-state index in [1.807, 2.05) is 0 Å². The highest BCUT2D eigenvalue weighted by atomic mass is 14.9. The number of nitrogens with one attached hydrogen (secondary N) is 1. The lowest BCUT2D eigenvalue weighted by atomic mass is 9.95. The van der Waals surface area contributed by atoms with Crippen LogP contribution in [0.4, 0.5) is 0 Å². The maximum absolute atomic E-state index is 3.60. The van der Waals surface area contributed by atoms with Gasteiger partial charge in [-0.05, 0) is 67.5 Å². The van der Waals surface area contributed by atoms with E-state index in [0.717, 1.165) is 6.04 Å². The first-order valence-electron chi connectivity index (χ1n) is 8.55. The second-order valence-corrected chi connectivity index (χ2v) is 6.47. The zero-order valence-corrected chi connectivity index (χ0v) is 13.2. The van der Waals surface area contributed by atoms with Crippen molar-refractivity contribution in [3.63, 3.8) is 0 Å². The normalized spacial score (nSPS) is 14.7. The average molecular weight is 281 g/mol. The summed E-state index contributed by atoms with van der Waals surface area (Å²) in [6.45, 7) is 3.47. The first-order chi connectivity index (χ1) is 10.3. The van der Waals surface area contributed by atoms with Gasteiger partial charge in [0, 0.05) is 6.04 Å². The molecular formula is C20H27N.